The minimum absolute atomic E-state index is 0.229. The van der Waals surface area contributed by atoms with E-state index in [1.807, 2.05) is 12.3 Å². The molecule has 0 bridgehead atoms. The van der Waals surface area contributed by atoms with Crippen LogP contribution in [0.3, 0.4) is 0 Å². The zero-order chi connectivity index (χ0) is 15.0. The Hall–Kier alpha value is -1.42. The summed E-state index contributed by atoms with van der Waals surface area (Å²) >= 11 is 0. The Kier molecular flexibility index (Phi) is 3.74. The highest BCUT2D eigenvalue weighted by Gasteiger charge is 2.24. The van der Waals surface area contributed by atoms with Crippen molar-refractivity contribution < 1.29 is 0 Å². The molecule has 3 rings (SSSR count). The van der Waals surface area contributed by atoms with Gasteiger partial charge in [-0.05, 0) is 43.5 Å². The van der Waals surface area contributed by atoms with Gasteiger partial charge in [0.2, 0.25) is 0 Å². The number of imidazole rings is 1. The van der Waals surface area contributed by atoms with Crippen molar-refractivity contribution in [3.8, 4) is 0 Å². The number of hydrogen-bond donors (Lipinski definition) is 0. The Morgan fingerprint density at radius 1 is 1.33 bits per heavy atom. The maximum atomic E-state index is 4.87. The van der Waals surface area contributed by atoms with Crippen LogP contribution in [0.2, 0.25) is 0 Å². The highest BCUT2D eigenvalue weighted by atomic mass is 15.1. The van der Waals surface area contributed by atoms with Crippen LogP contribution in [0, 0.1) is 11.3 Å². The number of nitrogens with zero attached hydrogens (tertiary/aromatic N) is 4. The van der Waals surface area contributed by atoms with E-state index in [4.69, 9.17) is 4.98 Å². The Labute approximate surface area is 127 Å². The van der Waals surface area contributed by atoms with Crippen LogP contribution in [-0.2, 0) is 13.0 Å². The third-order valence-corrected chi connectivity index (χ3v) is 4.18. The molecule has 0 aromatic carbocycles. The van der Waals surface area contributed by atoms with Crippen LogP contribution < -0.4 is 0 Å². The first kappa shape index (κ1) is 14.5. The summed E-state index contributed by atoms with van der Waals surface area (Å²) < 4.78 is 2.34. The molecule has 2 aromatic heterocycles. The molecule has 3 heterocycles. The lowest BCUT2D eigenvalue weighted by atomic mass is 9.96. The predicted octanol–water partition coefficient (Wildman–Crippen LogP) is 2.97. The van der Waals surface area contributed by atoms with Gasteiger partial charge in [-0.1, -0.05) is 20.8 Å². The molecule has 1 unspecified atom stereocenters. The molecule has 0 aliphatic carbocycles. The second kappa shape index (κ2) is 5.41. The van der Waals surface area contributed by atoms with Crippen molar-refractivity contribution in [1.82, 2.24) is 19.4 Å². The molecular formula is C17H26N4. The standard InChI is InChI=1S/C17H26N4/c1-17(2,3)12-21-15(10-13-7-9-20(4)11-13)19-14-6-5-8-18-16(14)21/h5-6,8,13H,7,9-12H2,1-4H3. The molecule has 0 spiro atoms. The Morgan fingerprint density at radius 2 is 2.14 bits per heavy atom. The van der Waals surface area contributed by atoms with Crippen LogP contribution in [0.4, 0.5) is 0 Å². The first-order valence-electron chi connectivity index (χ1n) is 7.91. The summed E-state index contributed by atoms with van der Waals surface area (Å²) in [5, 5.41) is 0. The van der Waals surface area contributed by atoms with Gasteiger partial charge in [0, 0.05) is 25.7 Å². The second-order valence-corrected chi connectivity index (χ2v) is 7.64. The van der Waals surface area contributed by atoms with Crippen molar-refractivity contribution in [2.75, 3.05) is 20.1 Å². The van der Waals surface area contributed by atoms with E-state index in [0.717, 1.165) is 30.0 Å². The molecular weight excluding hydrogens is 260 g/mol. The van der Waals surface area contributed by atoms with Crippen molar-refractivity contribution in [3.63, 3.8) is 0 Å². The van der Waals surface area contributed by atoms with Gasteiger partial charge in [0.15, 0.2) is 5.65 Å². The average Bonchev–Trinajstić information content (AvgIpc) is 2.94. The fourth-order valence-electron chi connectivity index (χ4n) is 3.25. The van der Waals surface area contributed by atoms with Gasteiger partial charge in [-0.15, -0.1) is 0 Å². The molecule has 0 amide bonds. The number of rotatable bonds is 3. The SMILES string of the molecule is CN1CCC(Cc2nc3cccnc3n2CC(C)(C)C)C1. The highest BCUT2D eigenvalue weighted by molar-refractivity contribution is 5.71. The van der Waals surface area contributed by atoms with Gasteiger partial charge in [-0.2, -0.15) is 0 Å². The second-order valence-electron chi connectivity index (χ2n) is 7.64. The summed E-state index contributed by atoms with van der Waals surface area (Å²) in [5.74, 6) is 1.93. The van der Waals surface area contributed by atoms with Gasteiger partial charge >= 0.3 is 0 Å². The summed E-state index contributed by atoms with van der Waals surface area (Å²) in [6.45, 7) is 10.2. The van der Waals surface area contributed by atoms with Crippen LogP contribution >= 0.6 is 0 Å². The van der Waals surface area contributed by atoms with Gasteiger partial charge in [0.25, 0.3) is 0 Å². The molecule has 1 aliphatic heterocycles. The van der Waals surface area contributed by atoms with Crippen molar-refractivity contribution in [1.29, 1.82) is 0 Å². The summed E-state index contributed by atoms with van der Waals surface area (Å²) in [6.07, 6.45) is 4.22. The lowest BCUT2D eigenvalue weighted by Crippen LogP contribution is -2.20. The predicted molar refractivity (Wildman–Crippen MR) is 86.3 cm³/mol. The molecule has 1 fully saturated rings. The molecule has 1 saturated heterocycles. The highest BCUT2D eigenvalue weighted by Crippen LogP contribution is 2.25. The van der Waals surface area contributed by atoms with E-state index in [9.17, 15) is 0 Å². The van der Waals surface area contributed by atoms with Gasteiger partial charge < -0.3 is 9.47 Å². The zero-order valence-corrected chi connectivity index (χ0v) is 13.6. The third kappa shape index (κ3) is 3.26. The number of aromatic nitrogens is 3. The first-order chi connectivity index (χ1) is 9.92. The monoisotopic (exact) mass is 286 g/mol. The van der Waals surface area contributed by atoms with Crippen LogP contribution in [0.1, 0.15) is 33.0 Å². The Bertz CT molecular complexity index is 623. The molecule has 1 atom stereocenters. The van der Waals surface area contributed by atoms with E-state index >= 15 is 0 Å². The van der Waals surface area contributed by atoms with Crippen molar-refractivity contribution in [3.05, 3.63) is 24.2 Å². The van der Waals surface area contributed by atoms with Gasteiger partial charge in [0.05, 0.1) is 0 Å². The van der Waals surface area contributed by atoms with E-state index in [1.54, 1.807) is 0 Å². The quantitative estimate of drug-likeness (QED) is 0.870. The minimum Gasteiger partial charge on any atom is -0.312 e. The molecule has 0 radical (unpaired) electrons. The van der Waals surface area contributed by atoms with Crippen LogP contribution in [0.5, 0.6) is 0 Å². The molecule has 2 aromatic rings. The largest absolute Gasteiger partial charge is 0.312 e. The molecule has 21 heavy (non-hydrogen) atoms. The molecule has 4 heteroatoms. The van der Waals surface area contributed by atoms with Crippen LogP contribution in [0.25, 0.3) is 11.2 Å². The van der Waals surface area contributed by atoms with Gasteiger partial charge in [-0.3, -0.25) is 0 Å². The number of hydrogen-bond acceptors (Lipinski definition) is 3. The number of fused-ring (bicyclic) bond motifs is 1. The number of likely N-dealkylation sites (tertiary alicyclic amines) is 1. The molecule has 1 aliphatic rings. The van der Waals surface area contributed by atoms with E-state index in [-0.39, 0.29) is 5.41 Å². The smallest absolute Gasteiger partial charge is 0.160 e. The summed E-state index contributed by atoms with van der Waals surface area (Å²) in [7, 11) is 2.21. The van der Waals surface area contributed by atoms with E-state index in [1.165, 1.54) is 25.3 Å². The first-order valence-corrected chi connectivity index (χ1v) is 7.91. The summed E-state index contributed by atoms with van der Waals surface area (Å²) in [6, 6.07) is 4.05. The maximum absolute atomic E-state index is 4.87. The van der Waals surface area contributed by atoms with E-state index < -0.39 is 0 Å². The normalized spacial score (nSPS) is 20.5. The Balaban J connectivity index is 1.94. The lowest BCUT2D eigenvalue weighted by Gasteiger charge is -2.21. The van der Waals surface area contributed by atoms with E-state index in [0.29, 0.717) is 0 Å². The molecule has 0 N–H and O–H groups in total. The number of pyridine rings is 1. The van der Waals surface area contributed by atoms with Crippen LogP contribution in [-0.4, -0.2) is 39.6 Å². The summed E-state index contributed by atoms with van der Waals surface area (Å²) in [4.78, 5) is 11.8. The Morgan fingerprint density at radius 3 is 2.81 bits per heavy atom. The molecule has 0 saturated carbocycles. The van der Waals surface area contributed by atoms with Crippen molar-refractivity contribution >= 4 is 11.2 Å². The minimum atomic E-state index is 0.229. The lowest BCUT2D eigenvalue weighted by molar-refractivity contribution is 0.336. The topological polar surface area (TPSA) is 34.0 Å². The zero-order valence-electron chi connectivity index (χ0n) is 13.6. The van der Waals surface area contributed by atoms with E-state index in [2.05, 4.69) is 48.3 Å². The fraction of sp³-hybridized carbons (Fsp3) is 0.647. The fourth-order valence-corrected chi connectivity index (χ4v) is 3.25. The third-order valence-electron chi connectivity index (χ3n) is 4.18. The van der Waals surface area contributed by atoms with Gasteiger partial charge in [-0.25, -0.2) is 9.97 Å². The van der Waals surface area contributed by atoms with Crippen LogP contribution in [0.15, 0.2) is 18.3 Å². The maximum Gasteiger partial charge on any atom is 0.160 e. The average molecular weight is 286 g/mol. The molecule has 4 nitrogen and oxygen atoms in total. The van der Waals surface area contributed by atoms with Crippen molar-refractivity contribution in [2.24, 2.45) is 11.3 Å². The van der Waals surface area contributed by atoms with Gasteiger partial charge in [0.1, 0.15) is 11.3 Å². The van der Waals surface area contributed by atoms with Crippen molar-refractivity contribution in [2.45, 2.75) is 40.2 Å². The molecule has 114 valence electrons. The summed E-state index contributed by atoms with van der Waals surface area (Å²) in [5.41, 5.74) is 2.30.